The predicted octanol–water partition coefficient (Wildman–Crippen LogP) is -1.61. The summed E-state index contributed by atoms with van der Waals surface area (Å²) in [5.74, 6) is -3.27. The van der Waals surface area contributed by atoms with Crippen molar-refractivity contribution >= 4 is 32.0 Å². The molecule has 360 valence electrons. The average Bonchev–Trinajstić information content (AvgIpc) is 3.91. The van der Waals surface area contributed by atoms with E-state index < -0.39 is 66.9 Å². The van der Waals surface area contributed by atoms with Gasteiger partial charge in [-0.3, -0.25) is 9.68 Å². The first-order valence-corrected chi connectivity index (χ1v) is 21.9. The molecule has 6 aromatic rings. The van der Waals surface area contributed by atoms with E-state index in [-0.39, 0.29) is 97.1 Å². The summed E-state index contributed by atoms with van der Waals surface area (Å²) in [6.45, 7) is 8.06. The second-order valence-corrected chi connectivity index (χ2v) is 18.6. The van der Waals surface area contributed by atoms with Gasteiger partial charge in [0.05, 0.1) is 44.5 Å². The monoisotopic (exact) mass is 1030 g/mol. The predicted molar refractivity (Wildman–Crippen MR) is 222 cm³/mol. The van der Waals surface area contributed by atoms with Crippen molar-refractivity contribution in [2.45, 2.75) is 74.9 Å². The number of carbonyl (C=O) groups is 2. The van der Waals surface area contributed by atoms with Crippen LogP contribution < -0.4 is 79.1 Å². The Morgan fingerprint density at radius 1 is 0.536 bits per heavy atom. The average molecular weight is 1030 g/mol. The van der Waals surface area contributed by atoms with Crippen LogP contribution >= 0.6 is 0 Å². The molecule has 4 N–H and O–H groups in total. The van der Waals surface area contributed by atoms with Crippen LogP contribution in [0.4, 0.5) is 26.3 Å². The Morgan fingerprint density at radius 2 is 0.812 bits per heavy atom. The molecule has 0 saturated heterocycles. The third-order valence-electron chi connectivity index (χ3n) is 9.27. The van der Waals surface area contributed by atoms with Crippen molar-refractivity contribution in [1.82, 2.24) is 29.3 Å². The van der Waals surface area contributed by atoms with E-state index in [1.54, 1.807) is 58.3 Å². The Bertz CT molecular complexity index is 2750. The van der Waals surface area contributed by atoms with Gasteiger partial charge in [-0.25, -0.2) is 26.2 Å². The number of hydrogen-bond acceptors (Lipinski definition) is 12. The standard InChI is InChI=1S/2C21H20F3N3O5S.2Na.H2O/c2*1-13-4-6-14(7-5-13)17-12-18(21(22,23)24)25-27(17)15-8-10-16(11-9-15)33(30,31)26-32-20(2,3)19(28)29;;;/h2*4-12,26H,1-3H3,(H,28,29);;;1H2/q;;2*+1;/p-2. The molecule has 2 aromatic heterocycles. The summed E-state index contributed by atoms with van der Waals surface area (Å²) in [5, 5.41) is 29.2. The van der Waals surface area contributed by atoms with Gasteiger partial charge in [-0.2, -0.15) is 36.5 Å². The van der Waals surface area contributed by atoms with Gasteiger partial charge in [-0.1, -0.05) is 69.4 Å². The van der Waals surface area contributed by atoms with Crippen molar-refractivity contribution in [1.29, 1.82) is 0 Å². The molecule has 2 heterocycles. The zero-order valence-electron chi connectivity index (χ0n) is 37.8. The first-order chi connectivity index (χ1) is 30.4. The summed E-state index contributed by atoms with van der Waals surface area (Å²) < 4.78 is 132. The molecule has 6 rings (SSSR count). The second kappa shape index (κ2) is 23.2. The molecule has 4 aromatic carbocycles. The largest absolute Gasteiger partial charge is 1.00 e. The van der Waals surface area contributed by atoms with E-state index >= 15 is 0 Å². The van der Waals surface area contributed by atoms with E-state index in [0.717, 1.165) is 84.6 Å². The van der Waals surface area contributed by atoms with E-state index in [9.17, 15) is 63.0 Å². The summed E-state index contributed by atoms with van der Waals surface area (Å²) >= 11 is 0. The Hall–Kier alpha value is -4.48. The van der Waals surface area contributed by atoms with Gasteiger partial charge in [-0.05, 0) is 102 Å². The molecule has 0 saturated carbocycles. The van der Waals surface area contributed by atoms with Gasteiger partial charge in [0.15, 0.2) is 11.4 Å². The smallest absolute Gasteiger partial charge is 0.547 e. The summed E-state index contributed by atoms with van der Waals surface area (Å²) in [7, 11) is -8.57. The molecule has 0 aliphatic rings. The zero-order valence-corrected chi connectivity index (χ0v) is 43.5. The van der Waals surface area contributed by atoms with Gasteiger partial charge < -0.3 is 25.3 Å². The van der Waals surface area contributed by atoms with Crippen molar-refractivity contribution in [3.05, 3.63) is 132 Å². The van der Waals surface area contributed by atoms with Crippen molar-refractivity contribution < 1.29 is 137 Å². The molecule has 0 radical (unpaired) electrons. The number of nitrogens with one attached hydrogen (secondary N) is 2. The van der Waals surface area contributed by atoms with E-state index in [2.05, 4.69) is 10.2 Å². The van der Waals surface area contributed by atoms with Gasteiger partial charge in [0.2, 0.25) is 0 Å². The van der Waals surface area contributed by atoms with Crippen LogP contribution in [0.15, 0.2) is 119 Å². The van der Waals surface area contributed by atoms with Crippen LogP contribution in [-0.4, -0.2) is 65.0 Å². The number of alkyl halides is 6. The maximum Gasteiger partial charge on any atom is 1.00 e. The van der Waals surface area contributed by atoms with Gasteiger partial charge in [0.25, 0.3) is 20.0 Å². The van der Waals surface area contributed by atoms with Crippen LogP contribution in [0.1, 0.15) is 50.2 Å². The minimum Gasteiger partial charge on any atom is -0.547 e. The number of benzene rings is 4. The number of hydrogen-bond donors (Lipinski definition) is 2. The maximum atomic E-state index is 13.3. The first-order valence-electron chi connectivity index (χ1n) is 18.9. The number of aliphatic carboxylic acids is 2. The minimum absolute atomic E-state index is 0. The molecule has 0 amide bonds. The summed E-state index contributed by atoms with van der Waals surface area (Å²) in [6.07, 6.45) is -9.36. The second-order valence-electron chi connectivity index (χ2n) is 15.3. The Balaban J connectivity index is 0.000000454. The molecule has 0 fully saturated rings. The van der Waals surface area contributed by atoms with Crippen LogP contribution in [0, 0.1) is 13.8 Å². The third kappa shape index (κ3) is 15.3. The van der Waals surface area contributed by atoms with Gasteiger partial charge in [0, 0.05) is 11.1 Å². The quantitative estimate of drug-likeness (QED) is 0.0711. The Morgan fingerprint density at radius 3 is 1.06 bits per heavy atom. The SMILES string of the molecule is Cc1ccc(-c2cc(C(F)(F)F)nn2-c2ccc(S(=O)(=O)NOC(C)(C)C(=O)[O-])cc2)cc1.Cc1ccc(-c2cc(C(F)(F)F)nn2-c2ccc(S(=O)(=O)NOC(C)(C)C(=O)[O-])cc2)cc1.O.[Na+].[Na+]. The molecule has 0 aliphatic carbocycles. The van der Waals surface area contributed by atoms with E-state index in [1.165, 1.54) is 24.3 Å². The van der Waals surface area contributed by atoms with Crippen LogP contribution in [-0.2, 0) is 51.7 Å². The number of aromatic nitrogens is 4. The fourth-order valence-corrected chi connectivity index (χ4v) is 7.14. The summed E-state index contributed by atoms with van der Waals surface area (Å²) in [4.78, 5) is 34.1. The van der Waals surface area contributed by atoms with E-state index in [1.807, 2.05) is 13.8 Å². The molecule has 0 unspecified atom stereocenters. The normalized spacial score (nSPS) is 12.1. The maximum absolute atomic E-state index is 13.3. The fourth-order valence-electron chi connectivity index (χ4n) is 5.32. The number of carbonyl (C=O) groups excluding carboxylic acids is 2. The van der Waals surface area contributed by atoms with Crippen molar-refractivity contribution in [2.75, 3.05) is 0 Å². The number of rotatable bonds is 14. The topological polar surface area (TPSA) is 258 Å². The number of aryl methyl sites for hydroxylation is 2. The van der Waals surface area contributed by atoms with Gasteiger partial charge in [-0.15, -0.1) is 0 Å². The molecule has 0 atom stereocenters. The summed E-state index contributed by atoms with van der Waals surface area (Å²) in [5.41, 5.74) is -2.57. The molecule has 17 nitrogen and oxygen atoms in total. The number of carboxylic acid groups (broad SMARTS) is 2. The fraction of sp³-hybridized carbons (Fsp3) is 0.238. The summed E-state index contributed by atoms with van der Waals surface area (Å²) in [6, 6.07) is 25.0. The number of carboxylic acids is 2. The third-order valence-corrected chi connectivity index (χ3v) is 11.7. The van der Waals surface area contributed by atoms with E-state index in [4.69, 9.17) is 9.68 Å². The molecular weight excluding hydrogens is 989 g/mol. The molecule has 0 aliphatic heterocycles. The zero-order chi connectivity index (χ0) is 49.2. The molecule has 0 bridgehead atoms. The number of halogens is 6. The van der Waals surface area contributed by atoms with Crippen molar-refractivity contribution in [3.63, 3.8) is 0 Å². The van der Waals surface area contributed by atoms with Crippen LogP contribution in [0.5, 0.6) is 0 Å². The van der Waals surface area contributed by atoms with Crippen LogP contribution in [0.25, 0.3) is 33.9 Å². The van der Waals surface area contributed by atoms with Crippen molar-refractivity contribution in [3.8, 4) is 33.9 Å². The first kappa shape index (κ1) is 60.6. The van der Waals surface area contributed by atoms with Gasteiger partial charge in [0.1, 0.15) is 11.2 Å². The number of sulfonamides is 2. The van der Waals surface area contributed by atoms with Gasteiger partial charge >= 0.3 is 71.5 Å². The molecule has 27 heteroatoms. The van der Waals surface area contributed by atoms with Crippen molar-refractivity contribution in [2.24, 2.45) is 0 Å². The number of nitrogens with zero attached hydrogens (tertiary/aromatic N) is 4. The van der Waals surface area contributed by atoms with E-state index in [0.29, 0.717) is 11.1 Å². The molecular formula is C42H40F6N6Na2O11S2. The Kier molecular flexibility index (Phi) is 20.4. The molecule has 69 heavy (non-hydrogen) atoms. The molecule has 0 spiro atoms. The minimum atomic E-state index is -4.68. The van der Waals surface area contributed by atoms with Crippen LogP contribution in [0.3, 0.4) is 0 Å². The Labute approximate surface area is 435 Å². The van der Waals surface area contributed by atoms with Crippen LogP contribution in [0.2, 0.25) is 0 Å².